The highest BCUT2D eigenvalue weighted by Crippen LogP contribution is 2.49. The maximum atomic E-state index is 5.13. The van der Waals surface area contributed by atoms with Crippen LogP contribution in [0, 0.1) is 0 Å². The second-order valence-electron chi connectivity index (χ2n) is 11.2. The molecule has 0 atom stereocenters. The van der Waals surface area contributed by atoms with Crippen molar-refractivity contribution in [1.82, 2.24) is 24.5 Å². The monoisotopic (exact) mass is 541 g/mol. The standard InChI is InChI=1S/C37H27N5/c1-37(2)29-18-10-9-17-27(29)28-22-21-26(23-30(28)37)34-39-33(24-13-5-3-6-14-24)40-36(41-34)42-32-20-12-11-19-31(32)38-35(42)25-15-7-4-8-16-25/h3-23H,1-2H3. The first-order valence-electron chi connectivity index (χ1n) is 14.2. The number of aromatic nitrogens is 5. The van der Waals surface area contributed by atoms with Gasteiger partial charge in [-0.05, 0) is 40.5 Å². The number of hydrogen-bond donors (Lipinski definition) is 0. The van der Waals surface area contributed by atoms with Crippen LogP contribution in [-0.4, -0.2) is 24.5 Å². The molecule has 2 heterocycles. The number of fused-ring (bicyclic) bond motifs is 4. The van der Waals surface area contributed by atoms with E-state index in [0.717, 1.165) is 33.5 Å². The summed E-state index contributed by atoms with van der Waals surface area (Å²) in [6, 6.07) is 43.7. The Bertz CT molecular complexity index is 2110. The van der Waals surface area contributed by atoms with Crippen LogP contribution in [-0.2, 0) is 5.41 Å². The van der Waals surface area contributed by atoms with E-state index in [4.69, 9.17) is 19.9 Å². The van der Waals surface area contributed by atoms with E-state index in [1.807, 2.05) is 66.7 Å². The molecule has 5 aromatic carbocycles. The fourth-order valence-electron chi connectivity index (χ4n) is 6.16. The third-order valence-corrected chi connectivity index (χ3v) is 8.29. The molecular formula is C37H27N5. The summed E-state index contributed by atoms with van der Waals surface area (Å²) in [6.45, 7) is 4.58. The van der Waals surface area contributed by atoms with E-state index >= 15 is 0 Å². The molecule has 0 saturated heterocycles. The number of imidazole rings is 1. The lowest BCUT2D eigenvalue weighted by atomic mass is 9.82. The zero-order valence-corrected chi connectivity index (χ0v) is 23.4. The van der Waals surface area contributed by atoms with Gasteiger partial charge in [0.25, 0.3) is 0 Å². The molecular weight excluding hydrogens is 514 g/mol. The van der Waals surface area contributed by atoms with Crippen LogP contribution in [0.1, 0.15) is 25.0 Å². The van der Waals surface area contributed by atoms with Gasteiger partial charge >= 0.3 is 0 Å². The molecule has 42 heavy (non-hydrogen) atoms. The van der Waals surface area contributed by atoms with E-state index in [1.165, 1.54) is 22.3 Å². The lowest BCUT2D eigenvalue weighted by molar-refractivity contribution is 0.660. The van der Waals surface area contributed by atoms with Gasteiger partial charge in [0, 0.05) is 22.1 Å². The SMILES string of the molecule is CC1(C)c2ccccc2-c2ccc(-c3nc(-c4ccccc4)nc(-n4c(-c5ccccc5)nc5ccccc54)n3)cc21. The number of hydrogen-bond acceptors (Lipinski definition) is 4. The average Bonchev–Trinajstić information content (AvgIpc) is 3.55. The number of benzene rings is 5. The summed E-state index contributed by atoms with van der Waals surface area (Å²) in [5.74, 6) is 2.58. The fourth-order valence-corrected chi connectivity index (χ4v) is 6.16. The van der Waals surface area contributed by atoms with Crippen molar-refractivity contribution in [2.75, 3.05) is 0 Å². The zero-order chi connectivity index (χ0) is 28.3. The quantitative estimate of drug-likeness (QED) is 0.224. The Kier molecular flexibility index (Phi) is 5.41. The van der Waals surface area contributed by atoms with Gasteiger partial charge in [-0.15, -0.1) is 0 Å². The molecule has 0 aliphatic heterocycles. The molecule has 5 nitrogen and oxygen atoms in total. The predicted molar refractivity (Wildman–Crippen MR) is 168 cm³/mol. The highest BCUT2D eigenvalue weighted by Gasteiger charge is 2.35. The molecule has 0 radical (unpaired) electrons. The van der Waals surface area contributed by atoms with Crippen LogP contribution < -0.4 is 0 Å². The van der Waals surface area contributed by atoms with E-state index in [1.54, 1.807) is 0 Å². The van der Waals surface area contributed by atoms with E-state index in [9.17, 15) is 0 Å². The van der Waals surface area contributed by atoms with E-state index < -0.39 is 0 Å². The Labute approximate surface area is 244 Å². The van der Waals surface area contributed by atoms with Crippen LogP contribution in [0.25, 0.3) is 62.3 Å². The van der Waals surface area contributed by atoms with Gasteiger partial charge in [-0.2, -0.15) is 9.97 Å². The second kappa shape index (κ2) is 9.32. The number of nitrogens with zero attached hydrogens (tertiary/aromatic N) is 5. The Hall–Kier alpha value is -5.42. The minimum absolute atomic E-state index is 0.124. The second-order valence-corrected chi connectivity index (χ2v) is 11.2. The normalized spacial score (nSPS) is 13.2. The van der Waals surface area contributed by atoms with Gasteiger partial charge in [0.05, 0.1) is 11.0 Å². The van der Waals surface area contributed by atoms with Gasteiger partial charge < -0.3 is 0 Å². The van der Waals surface area contributed by atoms with Gasteiger partial charge in [0.2, 0.25) is 5.95 Å². The molecule has 5 heteroatoms. The molecule has 200 valence electrons. The van der Waals surface area contributed by atoms with Crippen LogP contribution in [0.4, 0.5) is 0 Å². The summed E-state index contributed by atoms with van der Waals surface area (Å²) in [5.41, 5.74) is 9.78. The Balaban J connectivity index is 1.38. The lowest BCUT2D eigenvalue weighted by Gasteiger charge is -2.21. The summed E-state index contributed by atoms with van der Waals surface area (Å²) in [5, 5.41) is 0. The van der Waals surface area contributed by atoms with Crippen molar-refractivity contribution in [1.29, 1.82) is 0 Å². The first-order valence-corrected chi connectivity index (χ1v) is 14.2. The van der Waals surface area contributed by atoms with Gasteiger partial charge in [-0.1, -0.05) is 123 Å². The third kappa shape index (κ3) is 3.78. The molecule has 0 amide bonds. The lowest BCUT2D eigenvalue weighted by Crippen LogP contribution is -2.15. The minimum Gasteiger partial charge on any atom is -0.260 e. The molecule has 0 N–H and O–H groups in total. The summed E-state index contributed by atoms with van der Waals surface area (Å²) >= 11 is 0. The third-order valence-electron chi connectivity index (χ3n) is 8.29. The predicted octanol–water partition coefficient (Wildman–Crippen LogP) is 8.52. The summed E-state index contributed by atoms with van der Waals surface area (Å²) in [4.78, 5) is 20.2. The molecule has 0 fully saturated rings. The fraction of sp³-hybridized carbons (Fsp3) is 0.0811. The smallest absolute Gasteiger partial charge is 0.240 e. The van der Waals surface area contributed by atoms with Gasteiger partial charge in [-0.25, -0.2) is 9.97 Å². The molecule has 2 aromatic heterocycles. The Morgan fingerprint density at radius 2 is 1.12 bits per heavy atom. The Morgan fingerprint density at radius 3 is 1.90 bits per heavy atom. The van der Waals surface area contributed by atoms with Crippen LogP contribution in [0.2, 0.25) is 0 Å². The average molecular weight is 542 g/mol. The van der Waals surface area contributed by atoms with Gasteiger partial charge in [0.1, 0.15) is 5.82 Å². The molecule has 0 saturated carbocycles. The molecule has 0 spiro atoms. The van der Waals surface area contributed by atoms with Crippen molar-refractivity contribution >= 4 is 11.0 Å². The summed E-state index contributed by atoms with van der Waals surface area (Å²) in [7, 11) is 0. The Morgan fingerprint density at radius 1 is 0.500 bits per heavy atom. The molecule has 1 aliphatic rings. The van der Waals surface area contributed by atoms with Crippen molar-refractivity contribution in [3.05, 3.63) is 139 Å². The maximum absolute atomic E-state index is 5.13. The first kappa shape index (κ1) is 24.4. The van der Waals surface area contributed by atoms with Crippen molar-refractivity contribution < 1.29 is 0 Å². The number of rotatable bonds is 4. The van der Waals surface area contributed by atoms with Gasteiger partial charge in [0.15, 0.2) is 11.6 Å². The highest BCUT2D eigenvalue weighted by atomic mass is 15.2. The van der Waals surface area contributed by atoms with Crippen molar-refractivity contribution in [3.63, 3.8) is 0 Å². The molecule has 7 aromatic rings. The van der Waals surface area contributed by atoms with Crippen molar-refractivity contribution in [3.8, 4) is 51.2 Å². The van der Waals surface area contributed by atoms with Crippen LogP contribution >= 0.6 is 0 Å². The zero-order valence-electron chi connectivity index (χ0n) is 23.4. The molecule has 1 aliphatic carbocycles. The summed E-state index contributed by atoms with van der Waals surface area (Å²) < 4.78 is 2.05. The van der Waals surface area contributed by atoms with Crippen LogP contribution in [0.5, 0.6) is 0 Å². The molecule has 8 rings (SSSR count). The summed E-state index contributed by atoms with van der Waals surface area (Å²) in [6.07, 6.45) is 0. The van der Waals surface area contributed by atoms with E-state index in [2.05, 4.69) is 79.1 Å². The van der Waals surface area contributed by atoms with Crippen LogP contribution in [0.15, 0.2) is 127 Å². The molecule has 0 bridgehead atoms. The van der Waals surface area contributed by atoms with Crippen molar-refractivity contribution in [2.24, 2.45) is 0 Å². The van der Waals surface area contributed by atoms with E-state index in [-0.39, 0.29) is 5.41 Å². The maximum Gasteiger partial charge on any atom is 0.240 e. The first-order chi connectivity index (χ1) is 20.6. The highest BCUT2D eigenvalue weighted by molar-refractivity contribution is 5.84. The minimum atomic E-state index is -0.124. The van der Waals surface area contributed by atoms with Crippen LogP contribution in [0.3, 0.4) is 0 Å². The van der Waals surface area contributed by atoms with Crippen molar-refractivity contribution in [2.45, 2.75) is 19.3 Å². The van der Waals surface area contributed by atoms with Gasteiger partial charge in [-0.3, -0.25) is 4.57 Å². The largest absolute Gasteiger partial charge is 0.260 e. The molecule has 0 unspecified atom stereocenters. The number of para-hydroxylation sites is 2. The topological polar surface area (TPSA) is 56.5 Å². The van der Waals surface area contributed by atoms with E-state index in [0.29, 0.717) is 17.6 Å².